The van der Waals surface area contributed by atoms with E-state index < -0.39 is 0 Å². The monoisotopic (exact) mass is 307 g/mol. The maximum absolute atomic E-state index is 3.57. The van der Waals surface area contributed by atoms with Crippen molar-refractivity contribution in [2.75, 3.05) is 12.8 Å². The van der Waals surface area contributed by atoms with E-state index in [0.29, 0.717) is 10.8 Å². The first-order valence-corrected chi connectivity index (χ1v) is 7.82. The molecular weight excluding hydrogens is 290 g/mol. The minimum Gasteiger partial charge on any atom is -0.308 e. The van der Waals surface area contributed by atoms with Gasteiger partial charge < -0.3 is 5.32 Å². The topological polar surface area (TPSA) is 12.0 Å². The van der Waals surface area contributed by atoms with Crippen LogP contribution in [-0.2, 0) is 0 Å². The Labute approximate surface area is 109 Å². The number of thiophene rings is 1. The first-order chi connectivity index (χ1) is 6.94. The lowest BCUT2D eigenvalue weighted by molar-refractivity contribution is 0.528. The molecular formula is C11H18BrNS2. The summed E-state index contributed by atoms with van der Waals surface area (Å²) < 4.78 is 1.51. The van der Waals surface area contributed by atoms with Gasteiger partial charge in [0.25, 0.3) is 0 Å². The Morgan fingerprint density at radius 1 is 1.53 bits per heavy atom. The lowest BCUT2D eigenvalue weighted by Gasteiger charge is -2.24. The highest BCUT2D eigenvalue weighted by Crippen LogP contribution is 2.28. The second kappa shape index (κ2) is 5.71. The van der Waals surface area contributed by atoms with E-state index in [4.69, 9.17) is 0 Å². The summed E-state index contributed by atoms with van der Waals surface area (Å²) in [5.41, 5.74) is 0. The van der Waals surface area contributed by atoms with Crippen molar-refractivity contribution in [1.82, 2.24) is 5.32 Å². The van der Waals surface area contributed by atoms with Crippen LogP contribution in [0, 0.1) is 0 Å². The molecule has 0 saturated carbocycles. The molecule has 0 amide bonds. The third kappa shape index (κ3) is 4.47. The van der Waals surface area contributed by atoms with Crippen LogP contribution in [0.15, 0.2) is 15.9 Å². The van der Waals surface area contributed by atoms with Gasteiger partial charge in [0.2, 0.25) is 0 Å². The molecule has 1 aromatic heterocycles. The Morgan fingerprint density at radius 2 is 2.20 bits per heavy atom. The largest absolute Gasteiger partial charge is 0.308 e. The maximum Gasteiger partial charge on any atom is 0.0701 e. The molecule has 15 heavy (non-hydrogen) atoms. The molecule has 0 saturated heterocycles. The van der Waals surface area contributed by atoms with Crippen LogP contribution in [-0.4, -0.2) is 17.5 Å². The fraction of sp³-hybridized carbons (Fsp3) is 0.636. The van der Waals surface area contributed by atoms with Gasteiger partial charge in [-0.05, 0) is 55.1 Å². The van der Waals surface area contributed by atoms with E-state index in [2.05, 4.69) is 60.4 Å². The molecule has 0 fully saturated rings. The average Bonchev–Trinajstić information content (AvgIpc) is 2.61. The molecule has 0 bridgehead atoms. The molecule has 0 spiro atoms. The summed E-state index contributed by atoms with van der Waals surface area (Å²) in [5, 5.41) is 3.57. The number of rotatable bonds is 5. The predicted molar refractivity (Wildman–Crippen MR) is 76.0 cm³/mol. The molecule has 1 atom stereocenters. The second-order valence-corrected chi connectivity index (χ2v) is 8.22. The molecule has 1 rings (SSSR count). The molecule has 0 aliphatic carbocycles. The number of halogens is 1. The van der Waals surface area contributed by atoms with Crippen molar-refractivity contribution in [3.63, 3.8) is 0 Å². The van der Waals surface area contributed by atoms with Crippen LogP contribution >= 0.6 is 39.0 Å². The Bertz CT molecular complexity index is 309. The maximum atomic E-state index is 3.57. The number of hydrogen-bond donors (Lipinski definition) is 1. The summed E-state index contributed by atoms with van der Waals surface area (Å²) in [4.78, 5) is 1.39. The number of thioether (sulfide) groups is 1. The molecule has 1 N–H and O–H groups in total. The molecule has 1 heterocycles. The van der Waals surface area contributed by atoms with Crippen molar-refractivity contribution in [3.8, 4) is 0 Å². The fourth-order valence-corrected chi connectivity index (χ4v) is 2.81. The quantitative estimate of drug-likeness (QED) is 0.870. The smallest absolute Gasteiger partial charge is 0.0701 e. The van der Waals surface area contributed by atoms with E-state index in [1.807, 2.05) is 11.8 Å². The van der Waals surface area contributed by atoms with Crippen LogP contribution in [0.25, 0.3) is 0 Å². The van der Waals surface area contributed by atoms with E-state index in [1.165, 1.54) is 8.66 Å². The summed E-state index contributed by atoms with van der Waals surface area (Å²) >= 11 is 7.19. The molecule has 0 aliphatic rings. The van der Waals surface area contributed by atoms with Crippen LogP contribution in [0.2, 0.25) is 0 Å². The molecule has 0 aliphatic heterocycles. The molecule has 0 radical (unpaired) electrons. The van der Waals surface area contributed by atoms with E-state index in [0.717, 1.165) is 6.54 Å². The summed E-state index contributed by atoms with van der Waals surface area (Å²) in [7, 11) is 0. The highest BCUT2D eigenvalue weighted by atomic mass is 79.9. The van der Waals surface area contributed by atoms with E-state index in [1.54, 1.807) is 11.3 Å². The second-order valence-electron chi connectivity index (χ2n) is 4.21. The van der Waals surface area contributed by atoms with E-state index in [-0.39, 0.29) is 0 Å². The lowest BCUT2D eigenvalue weighted by atomic mass is 10.2. The van der Waals surface area contributed by atoms with Crippen molar-refractivity contribution >= 4 is 39.0 Å². The summed E-state index contributed by atoms with van der Waals surface area (Å²) in [6.07, 6.45) is 2.16. The van der Waals surface area contributed by atoms with Crippen LogP contribution in [0.4, 0.5) is 0 Å². The fourth-order valence-electron chi connectivity index (χ4n) is 1.13. The molecule has 1 nitrogen and oxygen atoms in total. The van der Waals surface area contributed by atoms with Gasteiger partial charge in [-0.2, -0.15) is 11.8 Å². The Morgan fingerprint density at radius 3 is 2.67 bits per heavy atom. The van der Waals surface area contributed by atoms with Crippen molar-refractivity contribution in [2.45, 2.75) is 31.6 Å². The van der Waals surface area contributed by atoms with Gasteiger partial charge in [-0.1, -0.05) is 0 Å². The molecule has 4 heteroatoms. The molecule has 1 aromatic rings. The number of hydrogen-bond acceptors (Lipinski definition) is 3. The zero-order chi connectivity index (χ0) is 11.5. The zero-order valence-corrected chi connectivity index (χ0v) is 12.9. The van der Waals surface area contributed by atoms with E-state index >= 15 is 0 Å². The van der Waals surface area contributed by atoms with Gasteiger partial charge in [0, 0.05) is 22.2 Å². The van der Waals surface area contributed by atoms with Gasteiger partial charge >= 0.3 is 0 Å². The first-order valence-electron chi connectivity index (χ1n) is 4.98. The van der Waals surface area contributed by atoms with Crippen LogP contribution in [0.3, 0.4) is 0 Å². The van der Waals surface area contributed by atoms with Gasteiger partial charge in [-0.25, -0.2) is 0 Å². The van der Waals surface area contributed by atoms with Gasteiger partial charge in [0.15, 0.2) is 0 Å². The first kappa shape index (κ1) is 13.6. The van der Waals surface area contributed by atoms with Crippen molar-refractivity contribution in [1.29, 1.82) is 0 Å². The normalized spacial score (nSPS) is 14.2. The zero-order valence-electron chi connectivity index (χ0n) is 9.63. The van der Waals surface area contributed by atoms with Gasteiger partial charge in [-0.3, -0.25) is 0 Å². The van der Waals surface area contributed by atoms with Gasteiger partial charge in [0.1, 0.15) is 0 Å². The standard InChI is InChI=1S/C11H18BrNS2/c1-8(9-5-6-10(12)15-9)13-7-11(2,3)14-4/h5-6,8,13H,7H2,1-4H3. The minimum atomic E-state index is 0.308. The third-order valence-electron chi connectivity index (χ3n) is 2.41. The predicted octanol–water partition coefficient (Wildman–Crippen LogP) is 4.30. The van der Waals surface area contributed by atoms with E-state index in [9.17, 15) is 0 Å². The number of nitrogens with one attached hydrogen (secondary N) is 1. The van der Waals surface area contributed by atoms with Gasteiger partial charge in [-0.15, -0.1) is 11.3 Å². The van der Waals surface area contributed by atoms with Crippen molar-refractivity contribution < 1.29 is 0 Å². The summed E-state index contributed by atoms with van der Waals surface area (Å²) in [5.74, 6) is 0. The van der Waals surface area contributed by atoms with Crippen LogP contribution in [0.5, 0.6) is 0 Å². The SMILES string of the molecule is CSC(C)(C)CNC(C)c1ccc(Br)s1. The van der Waals surface area contributed by atoms with Crippen molar-refractivity contribution in [3.05, 3.63) is 20.8 Å². The Hall–Kier alpha value is 0.490. The third-order valence-corrected chi connectivity index (χ3v) is 5.46. The highest BCUT2D eigenvalue weighted by Gasteiger charge is 2.17. The highest BCUT2D eigenvalue weighted by molar-refractivity contribution is 9.11. The van der Waals surface area contributed by atoms with Crippen molar-refractivity contribution in [2.24, 2.45) is 0 Å². The molecule has 0 aromatic carbocycles. The summed E-state index contributed by atoms with van der Waals surface area (Å²) in [6.45, 7) is 7.78. The van der Waals surface area contributed by atoms with Crippen LogP contribution in [0.1, 0.15) is 31.7 Å². The minimum absolute atomic E-state index is 0.308. The average molecular weight is 308 g/mol. The molecule has 86 valence electrons. The lowest BCUT2D eigenvalue weighted by Crippen LogP contribution is -2.33. The van der Waals surface area contributed by atoms with Crippen LogP contribution < -0.4 is 5.32 Å². The Balaban J connectivity index is 2.46. The molecule has 1 unspecified atom stereocenters. The summed E-state index contributed by atoms with van der Waals surface area (Å²) in [6, 6.07) is 4.73. The Kier molecular flexibility index (Phi) is 5.16. The van der Waals surface area contributed by atoms with Gasteiger partial charge in [0.05, 0.1) is 3.79 Å².